The molecule has 0 aliphatic heterocycles. The first kappa shape index (κ1) is 15.3. The number of benzene rings is 1. The van der Waals surface area contributed by atoms with Crippen LogP contribution in [0.25, 0.3) is 0 Å². The van der Waals surface area contributed by atoms with Gasteiger partial charge in [-0.1, -0.05) is 41.9 Å². The number of carbonyl (C=O) groups excluding carboxylic acids is 1. The molecule has 0 saturated heterocycles. The van der Waals surface area contributed by atoms with E-state index in [0.29, 0.717) is 12.5 Å². The SMILES string of the molecule is CCOC(=O)c1nc(NCCc2ccccc2)ncc1Cl. The lowest BCUT2D eigenvalue weighted by Gasteiger charge is -2.07. The third kappa shape index (κ3) is 4.43. The average Bonchev–Trinajstić information content (AvgIpc) is 2.50. The number of esters is 1. The fourth-order valence-corrected chi connectivity index (χ4v) is 1.93. The van der Waals surface area contributed by atoms with Gasteiger partial charge in [0.1, 0.15) is 0 Å². The molecule has 6 heteroatoms. The third-order valence-corrected chi connectivity index (χ3v) is 3.03. The molecule has 1 aromatic carbocycles. The van der Waals surface area contributed by atoms with Crippen LogP contribution >= 0.6 is 11.6 Å². The molecule has 0 atom stereocenters. The predicted molar refractivity (Wildman–Crippen MR) is 81.6 cm³/mol. The van der Waals surface area contributed by atoms with Gasteiger partial charge in [0.15, 0.2) is 5.69 Å². The van der Waals surface area contributed by atoms with Crippen molar-refractivity contribution in [3.63, 3.8) is 0 Å². The molecule has 1 aromatic heterocycles. The second-order valence-electron chi connectivity index (χ2n) is 4.27. The second-order valence-corrected chi connectivity index (χ2v) is 4.68. The number of rotatable bonds is 6. The van der Waals surface area contributed by atoms with Crippen molar-refractivity contribution in [3.05, 3.63) is 52.8 Å². The van der Waals surface area contributed by atoms with Crippen LogP contribution in [-0.2, 0) is 11.2 Å². The normalized spacial score (nSPS) is 10.2. The Morgan fingerprint density at radius 2 is 2.10 bits per heavy atom. The Bertz CT molecular complexity index is 605. The van der Waals surface area contributed by atoms with E-state index in [2.05, 4.69) is 27.4 Å². The van der Waals surface area contributed by atoms with Crippen LogP contribution in [0.3, 0.4) is 0 Å². The van der Waals surface area contributed by atoms with E-state index in [1.165, 1.54) is 11.8 Å². The average molecular weight is 306 g/mol. The summed E-state index contributed by atoms with van der Waals surface area (Å²) in [4.78, 5) is 19.8. The molecular weight excluding hydrogens is 290 g/mol. The van der Waals surface area contributed by atoms with E-state index in [1.54, 1.807) is 6.92 Å². The summed E-state index contributed by atoms with van der Waals surface area (Å²) in [7, 11) is 0. The number of anilines is 1. The summed E-state index contributed by atoms with van der Waals surface area (Å²) in [6.07, 6.45) is 2.23. The van der Waals surface area contributed by atoms with Crippen LogP contribution in [0.2, 0.25) is 5.02 Å². The number of ether oxygens (including phenoxy) is 1. The van der Waals surface area contributed by atoms with Crippen LogP contribution in [0.5, 0.6) is 0 Å². The molecule has 1 heterocycles. The molecule has 0 aliphatic carbocycles. The van der Waals surface area contributed by atoms with Gasteiger partial charge >= 0.3 is 5.97 Å². The number of halogens is 1. The summed E-state index contributed by atoms with van der Waals surface area (Å²) in [5.41, 5.74) is 1.29. The first-order valence-corrected chi connectivity index (χ1v) is 7.06. The topological polar surface area (TPSA) is 64.1 Å². The second kappa shape index (κ2) is 7.59. The molecule has 2 aromatic rings. The van der Waals surface area contributed by atoms with Gasteiger partial charge in [-0.25, -0.2) is 14.8 Å². The number of hydrogen-bond donors (Lipinski definition) is 1. The standard InChI is InChI=1S/C15H16ClN3O2/c1-2-21-14(20)13-12(16)10-18-15(19-13)17-9-8-11-6-4-3-5-7-11/h3-7,10H,2,8-9H2,1H3,(H,17,18,19). The van der Waals surface area contributed by atoms with Crippen LogP contribution < -0.4 is 5.32 Å². The van der Waals surface area contributed by atoms with Gasteiger partial charge in [-0.2, -0.15) is 0 Å². The number of carbonyl (C=O) groups is 1. The Labute approximate surface area is 128 Å². The van der Waals surface area contributed by atoms with Gasteiger partial charge in [0.2, 0.25) is 5.95 Å². The van der Waals surface area contributed by atoms with E-state index >= 15 is 0 Å². The zero-order chi connectivity index (χ0) is 15.1. The fraction of sp³-hybridized carbons (Fsp3) is 0.267. The largest absolute Gasteiger partial charge is 0.461 e. The molecule has 110 valence electrons. The molecule has 0 amide bonds. The number of nitrogens with one attached hydrogen (secondary N) is 1. The first-order valence-electron chi connectivity index (χ1n) is 6.68. The quantitative estimate of drug-likeness (QED) is 0.831. The van der Waals surface area contributed by atoms with Crippen molar-refractivity contribution in [3.8, 4) is 0 Å². The smallest absolute Gasteiger partial charge is 0.358 e. The van der Waals surface area contributed by atoms with Crippen LogP contribution in [0.1, 0.15) is 23.0 Å². The number of nitrogens with zero attached hydrogens (tertiary/aromatic N) is 2. The minimum atomic E-state index is -0.545. The zero-order valence-electron chi connectivity index (χ0n) is 11.7. The van der Waals surface area contributed by atoms with Gasteiger partial charge in [0.25, 0.3) is 0 Å². The van der Waals surface area contributed by atoms with E-state index in [1.807, 2.05) is 18.2 Å². The van der Waals surface area contributed by atoms with Crippen LogP contribution in [0.4, 0.5) is 5.95 Å². The molecule has 2 rings (SSSR count). The molecule has 0 bridgehead atoms. The Morgan fingerprint density at radius 1 is 1.33 bits per heavy atom. The monoisotopic (exact) mass is 305 g/mol. The van der Waals surface area contributed by atoms with E-state index < -0.39 is 5.97 Å². The maximum absolute atomic E-state index is 11.7. The van der Waals surface area contributed by atoms with Gasteiger partial charge < -0.3 is 10.1 Å². The Morgan fingerprint density at radius 3 is 2.81 bits per heavy atom. The maximum atomic E-state index is 11.7. The van der Waals surface area contributed by atoms with Crippen molar-refractivity contribution in [2.24, 2.45) is 0 Å². The van der Waals surface area contributed by atoms with Crippen molar-refractivity contribution in [2.75, 3.05) is 18.5 Å². The molecule has 1 N–H and O–H groups in total. The van der Waals surface area contributed by atoms with Gasteiger partial charge in [-0.05, 0) is 18.9 Å². The van der Waals surface area contributed by atoms with Crippen molar-refractivity contribution in [2.45, 2.75) is 13.3 Å². The zero-order valence-corrected chi connectivity index (χ0v) is 12.4. The lowest BCUT2D eigenvalue weighted by atomic mass is 10.1. The highest BCUT2D eigenvalue weighted by molar-refractivity contribution is 6.33. The Balaban J connectivity index is 1.97. The van der Waals surface area contributed by atoms with E-state index in [4.69, 9.17) is 16.3 Å². The summed E-state index contributed by atoms with van der Waals surface area (Å²) in [5.74, 6) is -0.186. The van der Waals surface area contributed by atoms with E-state index in [0.717, 1.165) is 6.42 Å². The van der Waals surface area contributed by atoms with Crippen LogP contribution in [0.15, 0.2) is 36.5 Å². The van der Waals surface area contributed by atoms with Crippen molar-refractivity contribution >= 4 is 23.5 Å². The molecular formula is C15H16ClN3O2. The molecule has 5 nitrogen and oxygen atoms in total. The summed E-state index contributed by atoms with van der Waals surface area (Å²) in [5, 5.41) is 3.25. The van der Waals surface area contributed by atoms with E-state index in [9.17, 15) is 4.79 Å². The third-order valence-electron chi connectivity index (χ3n) is 2.75. The molecule has 21 heavy (non-hydrogen) atoms. The summed E-state index contributed by atoms with van der Waals surface area (Å²) in [6.45, 7) is 2.66. The van der Waals surface area contributed by atoms with Crippen molar-refractivity contribution in [1.29, 1.82) is 0 Å². The summed E-state index contributed by atoms with van der Waals surface area (Å²) in [6, 6.07) is 10.1. The molecule has 0 aliphatic rings. The number of hydrogen-bond acceptors (Lipinski definition) is 5. The highest BCUT2D eigenvalue weighted by atomic mass is 35.5. The van der Waals surface area contributed by atoms with Gasteiger partial charge in [0, 0.05) is 6.54 Å². The molecule has 0 unspecified atom stereocenters. The Hall–Kier alpha value is -2.14. The van der Waals surface area contributed by atoms with Crippen molar-refractivity contribution in [1.82, 2.24) is 9.97 Å². The van der Waals surface area contributed by atoms with Gasteiger partial charge in [0.05, 0.1) is 17.8 Å². The highest BCUT2D eigenvalue weighted by Crippen LogP contribution is 2.15. The lowest BCUT2D eigenvalue weighted by molar-refractivity contribution is 0.0519. The van der Waals surface area contributed by atoms with E-state index in [-0.39, 0.29) is 17.3 Å². The highest BCUT2D eigenvalue weighted by Gasteiger charge is 2.14. The fourth-order valence-electron chi connectivity index (χ4n) is 1.76. The van der Waals surface area contributed by atoms with Crippen LogP contribution in [-0.4, -0.2) is 29.1 Å². The van der Waals surface area contributed by atoms with Gasteiger partial charge in [-0.15, -0.1) is 0 Å². The van der Waals surface area contributed by atoms with Crippen LogP contribution in [0, 0.1) is 0 Å². The molecule has 0 saturated carbocycles. The first-order chi connectivity index (χ1) is 10.2. The summed E-state index contributed by atoms with van der Waals surface area (Å²) >= 11 is 5.90. The number of aromatic nitrogens is 2. The molecule has 0 radical (unpaired) electrons. The van der Waals surface area contributed by atoms with Crippen molar-refractivity contribution < 1.29 is 9.53 Å². The minimum absolute atomic E-state index is 0.0794. The molecule has 0 fully saturated rings. The minimum Gasteiger partial charge on any atom is -0.461 e. The molecule has 0 spiro atoms. The lowest BCUT2D eigenvalue weighted by Crippen LogP contribution is -2.13. The van der Waals surface area contributed by atoms with Gasteiger partial charge in [-0.3, -0.25) is 0 Å². The summed E-state index contributed by atoms with van der Waals surface area (Å²) < 4.78 is 4.90. The Kier molecular flexibility index (Phi) is 5.51. The maximum Gasteiger partial charge on any atom is 0.358 e. The predicted octanol–water partition coefficient (Wildman–Crippen LogP) is 2.96.